The summed E-state index contributed by atoms with van der Waals surface area (Å²) in [6.07, 6.45) is 7.70. The van der Waals surface area contributed by atoms with E-state index in [2.05, 4.69) is 11.0 Å². The van der Waals surface area contributed by atoms with Crippen LogP contribution in [0.15, 0.2) is 6.20 Å². The molecule has 0 aliphatic carbocycles. The van der Waals surface area contributed by atoms with Crippen LogP contribution in [0.1, 0.15) is 29.4 Å². The second-order valence-corrected chi connectivity index (χ2v) is 2.82. The van der Waals surface area contributed by atoms with Gasteiger partial charge in [-0.25, -0.2) is 0 Å². The highest BCUT2D eigenvalue weighted by Gasteiger charge is 2.12. The van der Waals surface area contributed by atoms with E-state index in [1.807, 2.05) is 6.92 Å². The molecular formula is C10H12N2O. The van der Waals surface area contributed by atoms with Crippen LogP contribution in [0.2, 0.25) is 0 Å². The van der Waals surface area contributed by atoms with Gasteiger partial charge in [-0.3, -0.25) is 9.48 Å². The van der Waals surface area contributed by atoms with Gasteiger partial charge in [-0.2, -0.15) is 5.10 Å². The third kappa shape index (κ3) is 1.97. The van der Waals surface area contributed by atoms with E-state index in [0.717, 1.165) is 12.1 Å². The first kappa shape index (κ1) is 9.53. The molecule has 0 saturated carbocycles. The normalized spacial score (nSPS) is 9.62. The fraction of sp³-hybridized carbons (Fsp3) is 0.400. The zero-order valence-corrected chi connectivity index (χ0v) is 7.87. The lowest BCUT2D eigenvalue weighted by atomic mass is 10.1. The van der Waals surface area contributed by atoms with E-state index in [0.29, 0.717) is 5.56 Å². The van der Waals surface area contributed by atoms with Gasteiger partial charge in [-0.05, 0) is 6.42 Å². The highest BCUT2D eigenvalue weighted by atomic mass is 16.1. The molecule has 0 saturated heterocycles. The predicted octanol–water partition coefficient (Wildman–Crippen LogP) is 1.19. The summed E-state index contributed by atoms with van der Waals surface area (Å²) in [4.78, 5) is 11.4. The summed E-state index contributed by atoms with van der Waals surface area (Å²) in [6.45, 7) is 1.97. The van der Waals surface area contributed by atoms with Gasteiger partial charge in [0, 0.05) is 13.2 Å². The van der Waals surface area contributed by atoms with Gasteiger partial charge in [0.15, 0.2) is 5.78 Å². The molecule has 13 heavy (non-hydrogen) atoms. The minimum Gasteiger partial charge on any atom is -0.293 e. The number of hydrogen-bond donors (Lipinski definition) is 0. The van der Waals surface area contributed by atoms with Crippen LogP contribution in [0.3, 0.4) is 0 Å². The van der Waals surface area contributed by atoms with Crippen molar-refractivity contribution >= 4 is 5.78 Å². The Bertz CT molecular complexity index is 357. The molecule has 68 valence electrons. The number of carbonyl (C=O) groups excluding carboxylic acids is 1. The topological polar surface area (TPSA) is 34.9 Å². The molecule has 0 spiro atoms. The SMILES string of the molecule is C#CCC(=O)c1cn(C)nc1CC. The van der Waals surface area contributed by atoms with Crippen molar-refractivity contribution in [2.45, 2.75) is 19.8 Å². The summed E-state index contributed by atoms with van der Waals surface area (Å²) in [5.74, 6) is 2.32. The lowest BCUT2D eigenvalue weighted by molar-refractivity contribution is 0.0997. The molecule has 1 rings (SSSR count). The van der Waals surface area contributed by atoms with E-state index < -0.39 is 0 Å². The van der Waals surface area contributed by atoms with Crippen LogP contribution in [-0.2, 0) is 13.5 Å². The number of nitrogens with zero attached hydrogens (tertiary/aromatic N) is 2. The molecule has 1 aromatic heterocycles. The quantitative estimate of drug-likeness (QED) is 0.512. The molecule has 0 atom stereocenters. The third-order valence-electron chi connectivity index (χ3n) is 1.80. The van der Waals surface area contributed by atoms with Crippen molar-refractivity contribution in [1.29, 1.82) is 0 Å². The van der Waals surface area contributed by atoms with Crippen LogP contribution in [0, 0.1) is 12.3 Å². The first-order valence-corrected chi connectivity index (χ1v) is 4.18. The number of ketones is 1. The van der Waals surface area contributed by atoms with E-state index >= 15 is 0 Å². The summed E-state index contributed by atoms with van der Waals surface area (Å²) >= 11 is 0. The standard InChI is InChI=1S/C10H12N2O/c1-4-6-10(13)8-7-12(3)11-9(8)5-2/h1,7H,5-6H2,2-3H3. The Morgan fingerprint density at radius 3 is 3.00 bits per heavy atom. The molecule has 0 bridgehead atoms. The highest BCUT2D eigenvalue weighted by molar-refractivity contribution is 5.98. The second kappa shape index (κ2) is 3.90. The average Bonchev–Trinajstić information content (AvgIpc) is 2.47. The number of aromatic nitrogens is 2. The fourth-order valence-corrected chi connectivity index (χ4v) is 1.22. The lowest BCUT2D eigenvalue weighted by Gasteiger charge is -1.93. The maximum Gasteiger partial charge on any atom is 0.178 e. The largest absolute Gasteiger partial charge is 0.293 e. The number of terminal acetylenes is 1. The number of Topliss-reactive ketones (excluding diaryl/α,β-unsaturated/α-hetero) is 1. The first-order valence-electron chi connectivity index (χ1n) is 4.18. The second-order valence-electron chi connectivity index (χ2n) is 2.82. The average molecular weight is 176 g/mol. The molecule has 1 aromatic rings. The van der Waals surface area contributed by atoms with Gasteiger partial charge in [0.1, 0.15) is 0 Å². The van der Waals surface area contributed by atoms with Gasteiger partial charge in [-0.15, -0.1) is 6.42 Å². The summed E-state index contributed by atoms with van der Waals surface area (Å²) in [7, 11) is 1.80. The molecule has 0 N–H and O–H groups in total. The van der Waals surface area contributed by atoms with E-state index in [4.69, 9.17) is 6.42 Å². The van der Waals surface area contributed by atoms with Crippen LogP contribution < -0.4 is 0 Å². The van der Waals surface area contributed by atoms with Gasteiger partial charge < -0.3 is 0 Å². The van der Waals surface area contributed by atoms with Crippen molar-refractivity contribution in [3.8, 4) is 12.3 Å². The van der Waals surface area contributed by atoms with Gasteiger partial charge >= 0.3 is 0 Å². The van der Waals surface area contributed by atoms with E-state index in [1.54, 1.807) is 17.9 Å². The number of rotatable bonds is 3. The fourth-order valence-electron chi connectivity index (χ4n) is 1.22. The van der Waals surface area contributed by atoms with Crippen molar-refractivity contribution in [2.24, 2.45) is 7.05 Å². The molecular weight excluding hydrogens is 164 g/mol. The molecule has 0 aliphatic rings. The molecule has 1 heterocycles. The maximum absolute atomic E-state index is 11.4. The lowest BCUT2D eigenvalue weighted by Crippen LogP contribution is -1.99. The Hall–Kier alpha value is -1.56. The summed E-state index contributed by atoms with van der Waals surface area (Å²) in [5.41, 5.74) is 1.48. The minimum atomic E-state index is -0.0209. The van der Waals surface area contributed by atoms with Crippen molar-refractivity contribution in [2.75, 3.05) is 0 Å². The van der Waals surface area contributed by atoms with Crippen molar-refractivity contribution in [1.82, 2.24) is 9.78 Å². The van der Waals surface area contributed by atoms with Crippen LogP contribution >= 0.6 is 0 Å². The van der Waals surface area contributed by atoms with Gasteiger partial charge in [-0.1, -0.05) is 12.8 Å². The van der Waals surface area contributed by atoms with Crippen LogP contribution in [0.4, 0.5) is 0 Å². The monoisotopic (exact) mass is 176 g/mol. The van der Waals surface area contributed by atoms with Gasteiger partial charge in [0.05, 0.1) is 17.7 Å². The van der Waals surface area contributed by atoms with Crippen molar-refractivity contribution < 1.29 is 4.79 Å². The van der Waals surface area contributed by atoms with Gasteiger partial charge in [0.2, 0.25) is 0 Å². The predicted molar refractivity (Wildman–Crippen MR) is 50.4 cm³/mol. The molecule has 0 unspecified atom stereocenters. The Morgan fingerprint density at radius 2 is 2.46 bits per heavy atom. The molecule has 3 heteroatoms. The first-order chi connectivity index (χ1) is 6.19. The van der Waals surface area contributed by atoms with Crippen LogP contribution in [-0.4, -0.2) is 15.6 Å². The van der Waals surface area contributed by atoms with Crippen LogP contribution in [0.5, 0.6) is 0 Å². The van der Waals surface area contributed by atoms with Crippen molar-refractivity contribution in [3.05, 3.63) is 17.5 Å². The maximum atomic E-state index is 11.4. The zero-order valence-electron chi connectivity index (χ0n) is 7.87. The number of carbonyl (C=O) groups is 1. The Morgan fingerprint density at radius 1 is 1.77 bits per heavy atom. The van der Waals surface area contributed by atoms with Crippen molar-refractivity contribution in [3.63, 3.8) is 0 Å². The molecule has 0 amide bonds. The molecule has 0 aromatic carbocycles. The number of aryl methyl sites for hydroxylation is 2. The van der Waals surface area contributed by atoms with E-state index in [9.17, 15) is 4.79 Å². The minimum absolute atomic E-state index is 0.0209. The number of hydrogen-bond acceptors (Lipinski definition) is 2. The third-order valence-corrected chi connectivity index (χ3v) is 1.80. The Labute approximate surface area is 77.8 Å². The smallest absolute Gasteiger partial charge is 0.178 e. The molecule has 3 nitrogen and oxygen atoms in total. The Balaban J connectivity index is 2.99. The van der Waals surface area contributed by atoms with E-state index in [-0.39, 0.29) is 12.2 Å². The summed E-state index contributed by atoms with van der Waals surface area (Å²) < 4.78 is 1.64. The van der Waals surface area contributed by atoms with E-state index in [1.165, 1.54) is 0 Å². The highest BCUT2D eigenvalue weighted by Crippen LogP contribution is 2.09. The molecule has 0 aliphatic heterocycles. The summed E-state index contributed by atoms with van der Waals surface area (Å²) in [5, 5.41) is 4.16. The molecule has 0 radical (unpaired) electrons. The Kier molecular flexibility index (Phi) is 2.86. The zero-order chi connectivity index (χ0) is 9.84. The van der Waals surface area contributed by atoms with Gasteiger partial charge in [0.25, 0.3) is 0 Å². The molecule has 0 fully saturated rings. The summed E-state index contributed by atoms with van der Waals surface area (Å²) in [6, 6.07) is 0. The van der Waals surface area contributed by atoms with Crippen LogP contribution in [0.25, 0.3) is 0 Å².